The van der Waals surface area contributed by atoms with Gasteiger partial charge in [0.15, 0.2) is 9.89 Å². The van der Waals surface area contributed by atoms with Crippen molar-refractivity contribution in [3.8, 4) is 5.75 Å². The Labute approximate surface area is 245 Å². The number of likely N-dealkylation sites (N-methyl/N-ethyl adjacent to an activating group) is 1. The highest BCUT2D eigenvalue weighted by Gasteiger charge is 2.35. The number of hydrogen-bond acceptors (Lipinski definition) is 7. The summed E-state index contributed by atoms with van der Waals surface area (Å²) in [7, 11) is 1.58. The summed E-state index contributed by atoms with van der Waals surface area (Å²) in [6.45, 7) is 6.79. The fourth-order valence-corrected chi connectivity index (χ4v) is 6.61. The number of furan rings is 1. The summed E-state index contributed by atoms with van der Waals surface area (Å²) in [6, 6.07) is 18.0. The van der Waals surface area contributed by atoms with E-state index in [-0.39, 0.29) is 11.5 Å². The van der Waals surface area contributed by atoms with Crippen LogP contribution in [0, 0.1) is 0 Å². The van der Waals surface area contributed by atoms with E-state index < -0.39 is 6.04 Å². The molecule has 206 valence electrons. The molecule has 0 fully saturated rings. The summed E-state index contributed by atoms with van der Waals surface area (Å²) in [5.41, 5.74) is 1.52. The fraction of sp³-hybridized carbons (Fsp3) is 0.233. The predicted octanol–water partition coefficient (Wildman–Crippen LogP) is 5.51. The average Bonchev–Trinajstić information content (AvgIpc) is 3.52. The van der Waals surface area contributed by atoms with E-state index in [9.17, 15) is 9.59 Å². The van der Waals surface area contributed by atoms with Gasteiger partial charge in [0.2, 0.25) is 0 Å². The Morgan fingerprint density at radius 3 is 2.58 bits per heavy atom. The van der Waals surface area contributed by atoms with E-state index in [1.165, 1.54) is 23.1 Å². The molecule has 1 aliphatic rings. The second-order valence-electron chi connectivity index (χ2n) is 9.01. The van der Waals surface area contributed by atoms with E-state index >= 15 is 0 Å². The van der Waals surface area contributed by atoms with Crippen LogP contribution < -0.4 is 19.6 Å². The van der Waals surface area contributed by atoms with Gasteiger partial charge in [-0.25, -0.2) is 4.99 Å². The Balaban J connectivity index is 1.61. The quantitative estimate of drug-likeness (QED) is 0.269. The Morgan fingerprint density at radius 1 is 1.15 bits per heavy atom. The maximum absolute atomic E-state index is 13.9. The highest BCUT2D eigenvalue weighted by molar-refractivity contribution is 7.99. The number of thiazole rings is 1. The van der Waals surface area contributed by atoms with E-state index in [1.807, 2.05) is 81.4 Å². The predicted molar refractivity (Wildman–Crippen MR) is 159 cm³/mol. The van der Waals surface area contributed by atoms with E-state index in [0.717, 1.165) is 10.5 Å². The Hall–Kier alpha value is -3.53. The molecule has 10 heteroatoms. The first-order valence-electron chi connectivity index (χ1n) is 12.8. The van der Waals surface area contributed by atoms with Crippen molar-refractivity contribution in [2.75, 3.05) is 20.2 Å². The second kappa shape index (κ2) is 11.9. The van der Waals surface area contributed by atoms with Gasteiger partial charge in [0.05, 0.1) is 22.9 Å². The number of amides is 1. The lowest BCUT2D eigenvalue weighted by Crippen LogP contribution is -2.43. The molecule has 2 aromatic carbocycles. The maximum Gasteiger partial charge on any atom is 0.271 e. The zero-order chi connectivity index (χ0) is 28.4. The van der Waals surface area contributed by atoms with Gasteiger partial charge in [0.1, 0.15) is 17.6 Å². The van der Waals surface area contributed by atoms with E-state index in [2.05, 4.69) is 0 Å². The molecule has 0 bridgehead atoms. The summed E-state index contributed by atoms with van der Waals surface area (Å²) in [4.78, 5) is 35.7. The number of nitrogens with zero attached hydrogens (tertiary/aromatic N) is 3. The van der Waals surface area contributed by atoms with Crippen molar-refractivity contribution < 1.29 is 13.9 Å². The van der Waals surface area contributed by atoms with Crippen molar-refractivity contribution >= 4 is 46.7 Å². The number of carbonyl (C=O) groups excluding carboxylic acids is 1. The molecule has 0 aliphatic carbocycles. The summed E-state index contributed by atoms with van der Waals surface area (Å²) >= 11 is 8.72. The standard InChI is InChI=1S/C30H28ClN3O4S2/c1-5-33(6-2)29(36)26-18(3)32-30-34(27(26)22-9-7-8-10-23(22)37-4)28(35)24(40-30)17-20-13-16-25(38-20)39-21-14-11-19(31)12-15-21/h7-17,27H,5-6H2,1-4H3/b24-17+/t27-/m1/s1. The van der Waals surface area contributed by atoms with Crippen LogP contribution in [-0.4, -0.2) is 35.6 Å². The zero-order valence-electron chi connectivity index (χ0n) is 22.5. The second-order valence-corrected chi connectivity index (χ2v) is 11.5. The lowest BCUT2D eigenvalue weighted by molar-refractivity contribution is -0.127. The van der Waals surface area contributed by atoms with Crippen molar-refractivity contribution in [3.05, 3.63) is 108 Å². The molecule has 0 saturated heterocycles. The third-order valence-corrected chi connectivity index (χ3v) is 8.81. The van der Waals surface area contributed by atoms with Crippen molar-refractivity contribution in [2.24, 2.45) is 4.99 Å². The number of para-hydroxylation sites is 1. The number of hydrogen-bond donors (Lipinski definition) is 0. The Kier molecular flexibility index (Phi) is 8.35. The zero-order valence-corrected chi connectivity index (χ0v) is 24.9. The van der Waals surface area contributed by atoms with Crippen LogP contribution in [0.1, 0.15) is 38.1 Å². The van der Waals surface area contributed by atoms with Crippen molar-refractivity contribution in [1.82, 2.24) is 9.47 Å². The van der Waals surface area contributed by atoms with E-state index in [4.69, 9.17) is 25.7 Å². The van der Waals surface area contributed by atoms with Crippen LogP contribution in [0.4, 0.5) is 0 Å². The van der Waals surface area contributed by atoms with Crippen molar-refractivity contribution in [3.63, 3.8) is 0 Å². The van der Waals surface area contributed by atoms with Crippen molar-refractivity contribution in [2.45, 2.75) is 36.8 Å². The minimum atomic E-state index is -0.685. The first-order chi connectivity index (χ1) is 19.3. The number of rotatable bonds is 8. The SMILES string of the molecule is CCN(CC)C(=O)C1=C(C)N=c2s/c(=C/c3ccc(Sc4ccc(Cl)cc4)o3)c(=O)n2[C@@H]1c1ccccc1OC. The Bertz CT molecular complexity index is 1770. The normalized spacial score (nSPS) is 15.1. The third kappa shape index (κ3) is 5.41. The van der Waals surface area contributed by atoms with Gasteiger partial charge in [0.25, 0.3) is 11.5 Å². The minimum absolute atomic E-state index is 0.147. The first-order valence-corrected chi connectivity index (χ1v) is 14.8. The maximum atomic E-state index is 13.9. The van der Waals surface area contributed by atoms with Crippen LogP contribution in [0.2, 0.25) is 5.02 Å². The van der Waals surface area contributed by atoms with Gasteiger partial charge in [-0.3, -0.25) is 14.2 Å². The first kappa shape index (κ1) is 28.0. The van der Waals surface area contributed by atoms with Crippen molar-refractivity contribution in [1.29, 1.82) is 0 Å². The molecule has 5 rings (SSSR count). The minimum Gasteiger partial charge on any atom is -0.496 e. The van der Waals surface area contributed by atoms with Gasteiger partial charge in [-0.05, 0) is 63.2 Å². The molecule has 0 N–H and O–H groups in total. The number of methoxy groups -OCH3 is 1. The molecular weight excluding hydrogens is 566 g/mol. The van der Waals surface area contributed by atoms with Crippen LogP contribution in [-0.2, 0) is 4.79 Å². The largest absolute Gasteiger partial charge is 0.496 e. The molecule has 2 aromatic heterocycles. The van der Waals surface area contributed by atoms with Gasteiger partial charge in [-0.1, -0.05) is 52.9 Å². The topological polar surface area (TPSA) is 77.0 Å². The van der Waals surface area contributed by atoms with Gasteiger partial charge in [-0.2, -0.15) is 0 Å². The van der Waals surface area contributed by atoms with Gasteiger partial charge in [-0.15, -0.1) is 0 Å². The third-order valence-electron chi connectivity index (χ3n) is 6.64. The highest BCUT2D eigenvalue weighted by atomic mass is 35.5. The average molecular weight is 594 g/mol. The molecule has 0 saturated carbocycles. The molecule has 4 aromatic rings. The number of halogens is 1. The molecule has 0 spiro atoms. The van der Waals surface area contributed by atoms with Gasteiger partial charge >= 0.3 is 0 Å². The number of benzene rings is 2. The lowest BCUT2D eigenvalue weighted by atomic mass is 9.94. The van der Waals surface area contributed by atoms with Gasteiger partial charge < -0.3 is 14.1 Å². The molecule has 0 radical (unpaired) electrons. The number of carbonyl (C=O) groups is 1. The highest BCUT2D eigenvalue weighted by Crippen LogP contribution is 2.36. The number of ether oxygens (including phenoxy) is 1. The van der Waals surface area contributed by atoms with Crippen LogP contribution in [0.3, 0.4) is 0 Å². The number of aromatic nitrogens is 1. The summed E-state index contributed by atoms with van der Waals surface area (Å²) in [6.07, 6.45) is 1.72. The number of allylic oxidation sites excluding steroid dienone is 1. The van der Waals surface area contributed by atoms with Crippen LogP contribution in [0.25, 0.3) is 6.08 Å². The molecule has 40 heavy (non-hydrogen) atoms. The molecule has 1 aliphatic heterocycles. The van der Waals surface area contributed by atoms with E-state index in [0.29, 0.717) is 55.3 Å². The smallest absolute Gasteiger partial charge is 0.271 e. The lowest BCUT2D eigenvalue weighted by Gasteiger charge is -2.29. The number of fused-ring (bicyclic) bond motifs is 1. The molecule has 3 heterocycles. The molecule has 1 atom stereocenters. The van der Waals surface area contributed by atoms with Gasteiger partial charge in [0, 0.05) is 34.6 Å². The summed E-state index contributed by atoms with van der Waals surface area (Å²) in [5, 5.41) is 1.36. The Morgan fingerprint density at radius 2 is 1.88 bits per heavy atom. The molecule has 1 amide bonds. The fourth-order valence-electron chi connectivity index (χ4n) is 4.68. The van der Waals surface area contributed by atoms with Crippen LogP contribution in [0.15, 0.2) is 96.1 Å². The van der Waals surface area contributed by atoms with Crippen LogP contribution in [0.5, 0.6) is 5.75 Å². The summed E-state index contributed by atoms with van der Waals surface area (Å²) < 4.78 is 13.7. The van der Waals surface area contributed by atoms with E-state index in [1.54, 1.807) is 22.7 Å². The molecule has 7 nitrogen and oxygen atoms in total. The van der Waals surface area contributed by atoms with Crippen LogP contribution >= 0.6 is 34.7 Å². The monoisotopic (exact) mass is 593 g/mol. The molecular formula is C30H28ClN3O4S2. The molecule has 0 unspecified atom stereocenters. The summed E-state index contributed by atoms with van der Waals surface area (Å²) in [5.74, 6) is 0.994.